The van der Waals surface area contributed by atoms with E-state index in [4.69, 9.17) is 11.6 Å². The zero-order valence-corrected chi connectivity index (χ0v) is 14.4. The van der Waals surface area contributed by atoms with E-state index < -0.39 is 0 Å². The van der Waals surface area contributed by atoms with E-state index in [1.807, 2.05) is 13.1 Å². The van der Waals surface area contributed by atoms with Gasteiger partial charge in [-0.3, -0.25) is 0 Å². The molecule has 3 heteroatoms. The summed E-state index contributed by atoms with van der Waals surface area (Å²) >= 11 is 9.94. The molecule has 1 fully saturated rings. The second-order valence-corrected chi connectivity index (χ2v) is 6.97. The molecule has 0 heterocycles. The average molecular weight is 365 g/mol. The van der Waals surface area contributed by atoms with Crippen molar-refractivity contribution in [3.05, 3.63) is 68.7 Å². The molecule has 0 aliphatic heterocycles. The van der Waals surface area contributed by atoms with E-state index in [0.29, 0.717) is 5.92 Å². The van der Waals surface area contributed by atoms with Crippen LogP contribution >= 0.6 is 27.5 Å². The second kappa shape index (κ2) is 6.51. The molecule has 0 bridgehead atoms. The van der Waals surface area contributed by atoms with Crippen LogP contribution in [0.2, 0.25) is 5.02 Å². The highest BCUT2D eigenvalue weighted by Crippen LogP contribution is 2.41. The highest BCUT2D eigenvalue weighted by Gasteiger charge is 2.25. The zero-order chi connectivity index (χ0) is 14.8. The number of hydrogen-bond donors (Lipinski definition) is 1. The molecule has 1 saturated carbocycles. The quantitative estimate of drug-likeness (QED) is 0.736. The van der Waals surface area contributed by atoms with E-state index in [1.165, 1.54) is 30.4 Å². The van der Waals surface area contributed by atoms with Crippen LogP contribution in [0.5, 0.6) is 0 Å². The first kappa shape index (κ1) is 15.1. The predicted molar refractivity (Wildman–Crippen MR) is 93.1 cm³/mol. The number of hydrogen-bond acceptors (Lipinski definition) is 1. The van der Waals surface area contributed by atoms with Gasteiger partial charge in [-0.25, -0.2) is 0 Å². The zero-order valence-electron chi connectivity index (χ0n) is 12.1. The van der Waals surface area contributed by atoms with Crippen LogP contribution in [0.25, 0.3) is 0 Å². The Labute approximate surface area is 139 Å². The van der Waals surface area contributed by atoms with Gasteiger partial charge >= 0.3 is 0 Å². The molecule has 110 valence electrons. The first-order chi connectivity index (χ1) is 10.2. The Bertz CT molecular complexity index is 637. The fourth-order valence-corrected chi connectivity index (χ4v) is 3.86. The molecule has 2 aromatic carbocycles. The van der Waals surface area contributed by atoms with Gasteiger partial charge in [0.2, 0.25) is 0 Å². The second-order valence-electron chi connectivity index (χ2n) is 5.64. The van der Waals surface area contributed by atoms with Gasteiger partial charge in [-0.2, -0.15) is 0 Å². The van der Waals surface area contributed by atoms with Crippen LogP contribution in [-0.4, -0.2) is 7.05 Å². The fraction of sp³-hybridized carbons (Fsp3) is 0.333. The van der Waals surface area contributed by atoms with Crippen LogP contribution in [0, 0.1) is 0 Å². The summed E-state index contributed by atoms with van der Waals surface area (Å²) in [6.07, 6.45) is 3.96. The van der Waals surface area contributed by atoms with Crippen molar-refractivity contribution >= 4 is 27.5 Å². The van der Waals surface area contributed by atoms with Crippen LogP contribution in [0.1, 0.15) is 47.9 Å². The summed E-state index contributed by atoms with van der Waals surface area (Å²) in [7, 11) is 2.00. The molecule has 1 aliphatic carbocycles. The summed E-state index contributed by atoms with van der Waals surface area (Å²) in [4.78, 5) is 0. The van der Waals surface area contributed by atoms with E-state index in [1.54, 1.807) is 0 Å². The monoisotopic (exact) mass is 363 g/mol. The summed E-state index contributed by atoms with van der Waals surface area (Å²) in [6.45, 7) is 0. The number of rotatable bonds is 4. The van der Waals surface area contributed by atoms with Crippen molar-refractivity contribution < 1.29 is 0 Å². The lowest BCUT2D eigenvalue weighted by atomic mass is 9.76. The van der Waals surface area contributed by atoms with Gasteiger partial charge in [-0.05, 0) is 54.6 Å². The van der Waals surface area contributed by atoms with Gasteiger partial charge < -0.3 is 5.32 Å². The van der Waals surface area contributed by atoms with Crippen LogP contribution < -0.4 is 5.32 Å². The largest absolute Gasteiger partial charge is 0.309 e. The van der Waals surface area contributed by atoms with Crippen molar-refractivity contribution in [3.8, 4) is 0 Å². The van der Waals surface area contributed by atoms with Crippen LogP contribution in [0.15, 0.2) is 46.9 Å². The van der Waals surface area contributed by atoms with E-state index in [-0.39, 0.29) is 6.04 Å². The highest BCUT2D eigenvalue weighted by atomic mass is 79.9. The third-order valence-electron chi connectivity index (χ3n) is 4.41. The topological polar surface area (TPSA) is 12.0 Å². The maximum atomic E-state index is 6.46. The van der Waals surface area contributed by atoms with Crippen molar-refractivity contribution in [1.82, 2.24) is 5.32 Å². The third-order valence-corrected chi connectivity index (χ3v) is 5.23. The molecule has 0 aromatic heterocycles. The van der Waals surface area contributed by atoms with Gasteiger partial charge in [0.1, 0.15) is 0 Å². The van der Waals surface area contributed by atoms with E-state index in [2.05, 4.69) is 57.6 Å². The summed E-state index contributed by atoms with van der Waals surface area (Å²) in [5.74, 6) is 0.714. The van der Waals surface area contributed by atoms with Crippen LogP contribution in [-0.2, 0) is 0 Å². The minimum absolute atomic E-state index is 0.141. The molecule has 0 amide bonds. The minimum Gasteiger partial charge on any atom is -0.309 e. The molecule has 2 aromatic rings. The molecule has 1 aliphatic rings. The summed E-state index contributed by atoms with van der Waals surface area (Å²) in [6, 6.07) is 15.0. The standard InChI is InChI=1S/C18H19BrClN/c1-21-18(16-10-9-13(19)11-17(16)20)15-8-3-2-7-14(15)12-5-4-6-12/h2-3,7-12,18,21H,4-6H2,1H3. The Kier molecular flexibility index (Phi) is 4.68. The smallest absolute Gasteiger partial charge is 0.0591 e. The highest BCUT2D eigenvalue weighted by molar-refractivity contribution is 9.10. The molecule has 21 heavy (non-hydrogen) atoms. The third kappa shape index (κ3) is 3.03. The Morgan fingerprint density at radius 2 is 1.90 bits per heavy atom. The van der Waals surface area contributed by atoms with Crippen LogP contribution in [0.3, 0.4) is 0 Å². The van der Waals surface area contributed by atoms with E-state index >= 15 is 0 Å². The van der Waals surface area contributed by atoms with Gasteiger partial charge in [0.15, 0.2) is 0 Å². The van der Waals surface area contributed by atoms with Gasteiger partial charge in [0, 0.05) is 9.50 Å². The lowest BCUT2D eigenvalue weighted by molar-refractivity contribution is 0.415. The maximum absolute atomic E-state index is 6.46. The van der Waals surface area contributed by atoms with E-state index in [9.17, 15) is 0 Å². The predicted octanol–water partition coefficient (Wildman–Crippen LogP) is 5.68. The van der Waals surface area contributed by atoms with Crippen molar-refractivity contribution in [1.29, 1.82) is 0 Å². The first-order valence-electron chi connectivity index (χ1n) is 7.41. The number of halogens is 2. The Morgan fingerprint density at radius 1 is 1.14 bits per heavy atom. The van der Waals surface area contributed by atoms with Crippen molar-refractivity contribution in [2.75, 3.05) is 7.05 Å². The van der Waals surface area contributed by atoms with Crippen LogP contribution in [0.4, 0.5) is 0 Å². The molecule has 1 unspecified atom stereocenters. The van der Waals surface area contributed by atoms with Crippen molar-refractivity contribution in [2.45, 2.75) is 31.2 Å². The van der Waals surface area contributed by atoms with Gasteiger partial charge in [-0.15, -0.1) is 0 Å². The molecule has 1 atom stereocenters. The lowest BCUT2D eigenvalue weighted by Gasteiger charge is -2.31. The summed E-state index contributed by atoms with van der Waals surface area (Å²) in [5, 5.41) is 4.24. The molecule has 0 radical (unpaired) electrons. The minimum atomic E-state index is 0.141. The van der Waals surface area contributed by atoms with Crippen molar-refractivity contribution in [2.24, 2.45) is 0 Å². The summed E-state index contributed by atoms with van der Waals surface area (Å²) < 4.78 is 1.01. The summed E-state index contributed by atoms with van der Waals surface area (Å²) in [5.41, 5.74) is 3.96. The van der Waals surface area contributed by atoms with E-state index in [0.717, 1.165) is 15.1 Å². The number of benzene rings is 2. The first-order valence-corrected chi connectivity index (χ1v) is 8.59. The molecule has 3 rings (SSSR count). The van der Waals surface area contributed by atoms with Crippen molar-refractivity contribution in [3.63, 3.8) is 0 Å². The average Bonchev–Trinajstić information content (AvgIpc) is 2.41. The fourth-order valence-electron chi connectivity index (χ4n) is 3.08. The number of nitrogens with one attached hydrogen (secondary N) is 1. The Morgan fingerprint density at radius 3 is 2.52 bits per heavy atom. The molecule has 1 nitrogen and oxygen atoms in total. The lowest BCUT2D eigenvalue weighted by Crippen LogP contribution is -2.22. The Hall–Kier alpha value is -0.830. The van der Waals surface area contributed by atoms with Gasteiger partial charge in [0.05, 0.1) is 6.04 Å². The Balaban J connectivity index is 2.03. The van der Waals surface area contributed by atoms with Gasteiger partial charge in [0.25, 0.3) is 0 Å². The maximum Gasteiger partial charge on any atom is 0.0591 e. The molecular weight excluding hydrogens is 346 g/mol. The van der Waals surface area contributed by atoms with Gasteiger partial charge in [-0.1, -0.05) is 64.3 Å². The normalized spacial score (nSPS) is 16.5. The SMILES string of the molecule is CNC(c1ccc(Br)cc1Cl)c1ccccc1C1CCC1. The molecular formula is C18H19BrClN. The molecule has 0 saturated heterocycles. The molecule has 1 N–H and O–H groups in total. The molecule has 0 spiro atoms.